The van der Waals surface area contributed by atoms with Crippen LogP contribution < -0.4 is 0 Å². The van der Waals surface area contributed by atoms with E-state index in [0.29, 0.717) is 0 Å². The number of hydrogen-bond acceptors (Lipinski definition) is 4. The summed E-state index contributed by atoms with van der Waals surface area (Å²) in [4.78, 5) is 24.8. The Labute approximate surface area is 120 Å². The van der Waals surface area contributed by atoms with Crippen LogP contribution in [-0.4, -0.2) is 49.7 Å². The van der Waals surface area contributed by atoms with Gasteiger partial charge in [-0.1, -0.05) is 0 Å². The number of nitrogens with zero attached hydrogens (tertiary/aromatic N) is 1. The van der Waals surface area contributed by atoms with Crippen LogP contribution in [0.2, 0.25) is 0 Å². The third kappa shape index (κ3) is 3.75. The molecule has 1 amide bonds. The minimum atomic E-state index is -0.780. The van der Waals surface area contributed by atoms with E-state index < -0.39 is 29.6 Å². The van der Waals surface area contributed by atoms with Crippen LogP contribution >= 0.6 is 0 Å². The molecule has 1 fully saturated rings. The van der Waals surface area contributed by atoms with Gasteiger partial charge in [-0.2, -0.15) is 0 Å². The van der Waals surface area contributed by atoms with Crippen molar-refractivity contribution in [1.29, 1.82) is 0 Å². The number of hydrogen-bond donors (Lipinski definition) is 0. The second kappa shape index (κ2) is 6.62. The summed E-state index contributed by atoms with van der Waals surface area (Å²) in [5.74, 6) is -2.53. The van der Waals surface area contributed by atoms with E-state index in [1.165, 1.54) is 12.0 Å². The molecule has 5 nitrogen and oxygen atoms in total. The molecule has 0 saturated carbocycles. The van der Waals surface area contributed by atoms with E-state index in [-0.39, 0.29) is 31.7 Å². The normalized spacial score (nSPS) is 18.4. The van der Waals surface area contributed by atoms with Crippen molar-refractivity contribution in [3.8, 4) is 0 Å². The molecule has 21 heavy (non-hydrogen) atoms. The largest absolute Gasteiger partial charge is 0.469 e. The first-order valence-electron chi connectivity index (χ1n) is 6.44. The first-order valence-corrected chi connectivity index (χ1v) is 6.44. The molecule has 1 aliphatic rings. The fourth-order valence-electron chi connectivity index (χ4n) is 2.13. The summed E-state index contributed by atoms with van der Waals surface area (Å²) in [7, 11) is 1.26. The summed E-state index contributed by atoms with van der Waals surface area (Å²) in [5.41, 5.74) is -0.325. The third-order valence-corrected chi connectivity index (χ3v) is 3.21. The highest BCUT2D eigenvalue weighted by molar-refractivity contribution is 5.94. The van der Waals surface area contributed by atoms with E-state index in [9.17, 15) is 18.4 Å². The predicted octanol–water partition coefficient (Wildman–Crippen LogP) is 1.37. The standard InChI is InChI=1S/C14H15F2NO4/c1-20-13(18)7-10-8-17(4-5-21-10)14(19)11-6-9(15)2-3-12(11)16/h2-3,6,10H,4-5,7-8H2,1H3. The van der Waals surface area contributed by atoms with Crippen LogP contribution in [0.3, 0.4) is 0 Å². The van der Waals surface area contributed by atoms with Crippen molar-refractivity contribution in [3.63, 3.8) is 0 Å². The smallest absolute Gasteiger partial charge is 0.308 e. The van der Waals surface area contributed by atoms with Crippen molar-refractivity contribution in [1.82, 2.24) is 4.90 Å². The Morgan fingerprint density at radius 3 is 2.90 bits per heavy atom. The number of benzene rings is 1. The fourth-order valence-corrected chi connectivity index (χ4v) is 2.13. The number of carbonyl (C=O) groups is 2. The van der Waals surface area contributed by atoms with Gasteiger partial charge in [-0.25, -0.2) is 8.78 Å². The molecule has 0 spiro atoms. The summed E-state index contributed by atoms with van der Waals surface area (Å²) in [5, 5.41) is 0. The molecule has 2 rings (SSSR count). The highest BCUT2D eigenvalue weighted by Gasteiger charge is 2.28. The molecule has 1 atom stereocenters. The van der Waals surface area contributed by atoms with Gasteiger partial charge in [0.2, 0.25) is 0 Å². The quantitative estimate of drug-likeness (QED) is 0.791. The summed E-state index contributed by atoms with van der Waals surface area (Å²) in [6, 6.07) is 2.73. The third-order valence-electron chi connectivity index (χ3n) is 3.21. The van der Waals surface area contributed by atoms with Gasteiger partial charge in [-0.3, -0.25) is 9.59 Å². The molecule has 0 aromatic heterocycles. The SMILES string of the molecule is COC(=O)CC1CN(C(=O)c2cc(F)ccc2F)CCO1. The Morgan fingerprint density at radius 2 is 2.19 bits per heavy atom. The number of esters is 1. The maximum Gasteiger partial charge on any atom is 0.308 e. The Balaban J connectivity index is 2.08. The molecule has 1 heterocycles. The maximum atomic E-state index is 13.6. The van der Waals surface area contributed by atoms with Gasteiger partial charge in [0, 0.05) is 13.1 Å². The molecule has 1 saturated heterocycles. The van der Waals surface area contributed by atoms with Crippen molar-refractivity contribution in [3.05, 3.63) is 35.4 Å². The van der Waals surface area contributed by atoms with E-state index >= 15 is 0 Å². The van der Waals surface area contributed by atoms with Gasteiger partial charge >= 0.3 is 5.97 Å². The van der Waals surface area contributed by atoms with Crippen LogP contribution in [0.5, 0.6) is 0 Å². The Kier molecular flexibility index (Phi) is 4.85. The Bertz CT molecular complexity index is 550. The number of ether oxygens (including phenoxy) is 2. The molecular weight excluding hydrogens is 284 g/mol. The van der Waals surface area contributed by atoms with Crippen LogP contribution in [0.15, 0.2) is 18.2 Å². The zero-order valence-electron chi connectivity index (χ0n) is 11.5. The molecule has 1 unspecified atom stereocenters. The molecule has 1 aliphatic heterocycles. The van der Waals surface area contributed by atoms with Crippen molar-refractivity contribution in [2.75, 3.05) is 26.8 Å². The van der Waals surface area contributed by atoms with E-state index in [0.717, 1.165) is 18.2 Å². The zero-order chi connectivity index (χ0) is 15.4. The van der Waals surface area contributed by atoms with Gasteiger partial charge in [-0.05, 0) is 18.2 Å². The van der Waals surface area contributed by atoms with E-state index in [1.54, 1.807) is 0 Å². The fraction of sp³-hybridized carbons (Fsp3) is 0.429. The zero-order valence-corrected chi connectivity index (χ0v) is 11.5. The summed E-state index contributed by atoms with van der Waals surface area (Å²) in [6.07, 6.45) is -0.502. The molecule has 0 bridgehead atoms. The first kappa shape index (κ1) is 15.4. The lowest BCUT2D eigenvalue weighted by Crippen LogP contribution is -2.46. The van der Waals surface area contributed by atoms with Crippen molar-refractivity contribution < 1.29 is 27.8 Å². The molecule has 114 valence electrons. The number of morpholine rings is 1. The Hall–Kier alpha value is -2.02. The first-order chi connectivity index (χ1) is 10.0. The van der Waals surface area contributed by atoms with Gasteiger partial charge < -0.3 is 14.4 Å². The number of carbonyl (C=O) groups excluding carboxylic acids is 2. The molecule has 1 aromatic carbocycles. The van der Waals surface area contributed by atoms with E-state index in [1.807, 2.05) is 0 Å². The topological polar surface area (TPSA) is 55.8 Å². The van der Waals surface area contributed by atoms with Gasteiger partial charge in [0.15, 0.2) is 0 Å². The summed E-state index contributed by atoms with van der Waals surface area (Å²) in [6.45, 7) is 0.612. The Morgan fingerprint density at radius 1 is 1.43 bits per heavy atom. The second-order valence-corrected chi connectivity index (χ2v) is 4.65. The lowest BCUT2D eigenvalue weighted by atomic mass is 10.1. The molecule has 0 radical (unpaired) electrons. The monoisotopic (exact) mass is 299 g/mol. The molecule has 7 heteroatoms. The van der Waals surface area contributed by atoms with Crippen LogP contribution in [0, 0.1) is 11.6 Å². The number of amides is 1. The second-order valence-electron chi connectivity index (χ2n) is 4.65. The van der Waals surface area contributed by atoms with Gasteiger partial charge in [0.05, 0.1) is 31.8 Å². The average Bonchev–Trinajstić information content (AvgIpc) is 2.49. The highest BCUT2D eigenvalue weighted by atomic mass is 19.1. The lowest BCUT2D eigenvalue weighted by Gasteiger charge is -2.32. The number of halogens is 2. The molecular formula is C14H15F2NO4. The van der Waals surface area contributed by atoms with Crippen LogP contribution in [0.1, 0.15) is 16.8 Å². The van der Waals surface area contributed by atoms with Gasteiger partial charge in [-0.15, -0.1) is 0 Å². The number of rotatable bonds is 3. The van der Waals surface area contributed by atoms with Crippen molar-refractivity contribution in [2.45, 2.75) is 12.5 Å². The van der Waals surface area contributed by atoms with Crippen LogP contribution in [-0.2, 0) is 14.3 Å². The molecule has 0 aliphatic carbocycles. The van der Waals surface area contributed by atoms with Crippen molar-refractivity contribution >= 4 is 11.9 Å². The highest BCUT2D eigenvalue weighted by Crippen LogP contribution is 2.16. The predicted molar refractivity (Wildman–Crippen MR) is 68.6 cm³/mol. The van der Waals surface area contributed by atoms with Crippen molar-refractivity contribution in [2.24, 2.45) is 0 Å². The minimum Gasteiger partial charge on any atom is -0.469 e. The van der Waals surface area contributed by atoms with Crippen LogP contribution in [0.4, 0.5) is 8.78 Å². The van der Waals surface area contributed by atoms with Crippen LogP contribution in [0.25, 0.3) is 0 Å². The number of methoxy groups -OCH3 is 1. The summed E-state index contributed by atoms with van der Waals surface area (Å²) < 4.78 is 36.7. The average molecular weight is 299 g/mol. The maximum absolute atomic E-state index is 13.6. The lowest BCUT2D eigenvalue weighted by molar-refractivity contribution is -0.145. The van der Waals surface area contributed by atoms with E-state index in [2.05, 4.69) is 4.74 Å². The summed E-state index contributed by atoms with van der Waals surface area (Å²) >= 11 is 0. The molecule has 1 aromatic rings. The minimum absolute atomic E-state index is 0.00587. The van der Waals surface area contributed by atoms with E-state index in [4.69, 9.17) is 4.74 Å². The molecule has 0 N–H and O–H groups in total. The van der Waals surface area contributed by atoms with Gasteiger partial charge in [0.25, 0.3) is 5.91 Å². The van der Waals surface area contributed by atoms with Gasteiger partial charge in [0.1, 0.15) is 11.6 Å².